The lowest BCUT2D eigenvalue weighted by Gasteiger charge is -2.12. The predicted octanol–water partition coefficient (Wildman–Crippen LogP) is 15.0. The van der Waals surface area contributed by atoms with E-state index in [1.165, 1.54) is 22.3 Å². The van der Waals surface area contributed by atoms with Crippen molar-refractivity contribution in [3.63, 3.8) is 0 Å². The lowest BCUT2D eigenvalue weighted by molar-refractivity contribution is 0.670. The summed E-state index contributed by atoms with van der Waals surface area (Å²) in [4.78, 5) is 14.8. The molecule has 0 saturated carbocycles. The van der Waals surface area contributed by atoms with Gasteiger partial charge in [-0.2, -0.15) is 0 Å². The number of rotatable bonds is 9. The van der Waals surface area contributed by atoms with Crippen LogP contribution >= 0.6 is 0 Å². The third-order valence-electron chi connectivity index (χ3n) is 11.3. The molecule has 4 nitrogen and oxygen atoms in total. The molecule has 10 aromatic rings. The Labute approximate surface area is 361 Å². The minimum absolute atomic E-state index is 0.411. The first kappa shape index (κ1) is 38.0. The van der Waals surface area contributed by atoms with Gasteiger partial charge in [-0.3, -0.25) is 4.99 Å². The van der Waals surface area contributed by atoms with E-state index in [1.54, 1.807) is 0 Å². The average molecular weight is 796 g/mol. The van der Waals surface area contributed by atoms with Gasteiger partial charge in [0.25, 0.3) is 0 Å². The van der Waals surface area contributed by atoms with E-state index < -0.39 is 0 Å². The summed E-state index contributed by atoms with van der Waals surface area (Å²) in [6, 6.07) is 78.1. The van der Waals surface area contributed by atoms with Gasteiger partial charge in [-0.1, -0.05) is 194 Å². The first-order valence-electron chi connectivity index (χ1n) is 20.8. The fourth-order valence-corrected chi connectivity index (χ4v) is 8.10. The van der Waals surface area contributed by atoms with Crippen LogP contribution in [0, 0.1) is 0 Å². The zero-order chi connectivity index (χ0) is 41.7. The van der Waals surface area contributed by atoms with Crippen molar-refractivity contribution in [2.75, 3.05) is 0 Å². The highest BCUT2D eigenvalue weighted by Gasteiger charge is 2.14. The van der Waals surface area contributed by atoms with Crippen LogP contribution in [0.1, 0.15) is 16.7 Å². The van der Waals surface area contributed by atoms with E-state index in [9.17, 15) is 0 Å². The normalized spacial score (nSPS) is 11.9. The molecule has 0 amide bonds. The Morgan fingerprint density at radius 3 is 1.50 bits per heavy atom. The number of fused-ring (bicyclic) bond motifs is 3. The molecule has 4 heteroatoms. The molecule has 0 saturated heterocycles. The highest BCUT2D eigenvalue weighted by molar-refractivity contribution is 6.13. The molecule has 0 atom stereocenters. The molecule has 294 valence electrons. The molecule has 0 aliphatic rings. The van der Waals surface area contributed by atoms with Crippen molar-refractivity contribution in [1.29, 1.82) is 0 Å². The molecule has 0 spiro atoms. The Morgan fingerprint density at radius 2 is 0.871 bits per heavy atom. The van der Waals surface area contributed by atoms with Crippen LogP contribution in [0.4, 0.5) is 0 Å². The molecule has 10 rings (SSSR count). The Kier molecular flexibility index (Phi) is 10.5. The number of para-hydroxylation sites is 2. The molecule has 0 N–H and O–H groups in total. The fraction of sp³-hybridized carbons (Fsp3) is 0.0172. The second kappa shape index (κ2) is 17.2. The van der Waals surface area contributed by atoms with Crippen LogP contribution in [0.2, 0.25) is 0 Å². The predicted molar refractivity (Wildman–Crippen MR) is 260 cm³/mol. The molecular formula is C58H41N3O. The van der Waals surface area contributed by atoms with E-state index in [4.69, 9.17) is 14.4 Å². The van der Waals surface area contributed by atoms with Gasteiger partial charge in [-0.15, -0.1) is 0 Å². The zero-order valence-corrected chi connectivity index (χ0v) is 34.0. The standard InChI is InChI=1S/C58H41N3O/c1-59-57(46-31-27-44(28-32-46)41-16-5-2-6-17-41)61-58(47-33-29-45(30-34-47)52-24-14-25-54-53-23-11-12-26-55(53)62-56(52)54)60-39-40-15-13-22-48(35-40)51-37-49(42-18-7-3-8-19-42)36-50(38-51)43-20-9-4-10-21-43/h2-38H,1,39H2/b60-58-,61-57-. The van der Waals surface area contributed by atoms with Gasteiger partial charge < -0.3 is 4.42 Å². The Hall–Kier alpha value is -8.21. The van der Waals surface area contributed by atoms with Gasteiger partial charge in [0.05, 0.1) is 6.54 Å². The first-order chi connectivity index (χ1) is 30.7. The number of hydrogen-bond acceptors (Lipinski definition) is 2. The Bertz CT molecular complexity index is 3180. The summed E-state index contributed by atoms with van der Waals surface area (Å²) < 4.78 is 6.39. The maximum absolute atomic E-state index is 6.39. The van der Waals surface area contributed by atoms with Crippen molar-refractivity contribution in [2.24, 2.45) is 15.0 Å². The SMILES string of the molecule is C=N/C(=N\C(=N/Cc1cccc(-c2cc(-c3ccccc3)cc(-c3ccccc3)c2)c1)c1ccc(-c2cccc3c2oc2ccccc23)cc1)c1ccc(-c2ccccc2)cc1. The van der Waals surface area contributed by atoms with Crippen molar-refractivity contribution in [3.05, 3.63) is 241 Å². The van der Waals surface area contributed by atoms with E-state index in [1.807, 2.05) is 48.5 Å². The van der Waals surface area contributed by atoms with E-state index >= 15 is 0 Å². The largest absolute Gasteiger partial charge is 0.455 e. The summed E-state index contributed by atoms with van der Waals surface area (Å²) in [5, 5.41) is 2.20. The second-order valence-electron chi connectivity index (χ2n) is 15.3. The van der Waals surface area contributed by atoms with Crippen LogP contribution in [0.5, 0.6) is 0 Å². The quantitative estimate of drug-likeness (QED) is 0.106. The minimum atomic E-state index is 0.411. The van der Waals surface area contributed by atoms with Crippen molar-refractivity contribution in [2.45, 2.75) is 6.54 Å². The molecule has 0 radical (unpaired) electrons. The third kappa shape index (κ3) is 7.93. The highest BCUT2D eigenvalue weighted by atomic mass is 16.3. The molecular weight excluding hydrogens is 755 g/mol. The monoisotopic (exact) mass is 795 g/mol. The van der Waals surface area contributed by atoms with Gasteiger partial charge in [0.1, 0.15) is 11.2 Å². The molecule has 0 unspecified atom stereocenters. The summed E-state index contributed by atoms with van der Waals surface area (Å²) in [7, 11) is 0. The molecule has 0 fully saturated rings. The van der Waals surface area contributed by atoms with Crippen LogP contribution in [0.15, 0.2) is 244 Å². The zero-order valence-electron chi connectivity index (χ0n) is 34.0. The van der Waals surface area contributed by atoms with E-state index in [2.05, 4.69) is 188 Å². The van der Waals surface area contributed by atoms with Crippen LogP contribution in [0.3, 0.4) is 0 Å². The van der Waals surface area contributed by atoms with Gasteiger partial charge in [0, 0.05) is 27.5 Å². The summed E-state index contributed by atoms with van der Waals surface area (Å²) in [6.45, 7) is 4.35. The molecule has 1 aromatic heterocycles. The highest BCUT2D eigenvalue weighted by Crippen LogP contribution is 2.36. The number of nitrogens with zero attached hydrogens (tertiary/aromatic N) is 3. The number of aliphatic imine (C=N–C) groups is 3. The number of hydrogen-bond donors (Lipinski definition) is 0. The van der Waals surface area contributed by atoms with Gasteiger partial charge in [-0.05, 0) is 92.7 Å². The Morgan fingerprint density at radius 1 is 0.387 bits per heavy atom. The fourth-order valence-electron chi connectivity index (χ4n) is 8.10. The maximum Gasteiger partial charge on any atom is 0.161 e. The number of benzene rings is 9. The van der Waals surface area contributed by atoms with Gasteiger partial charge in [0.15, 0.2) is 11.7 Å². The summed E-state index contributed by atoms with van der Waals surface area (Å²) in [5.41, 5.74) is 15.8. The second-order valence-corrected chi connectivity index (χ2v) is 15.3. The molecule has 9 aromatic carbocycles. The van der Waals surface area contributed by atoms with Crippen molar-refractivity contribution in [1.82, 2.24) is 0 Å². The summed E-state index contributed by atoms with van der Waals surface area (Å²) in [6.07, 6.45) is 0. The van der Waals surface area contributed by atoms with Crippen LogP contribution in [-0.2, 0) is 6.54 Å². The van der Waals surface area contributed by atoms with E-state index in [0.717, 1.165) is 72.0 Å². The smallest absolute Gasteiger partial charge is 0.161 e. The van der Waals surface area contributed by atoms with Crippen LogP contribution < -0.4 is 0 Å². The molecule has 0 bridgehead atoms. The topological polar surface area (TPSA) is 50.2 Å². The summed E-state index contributed by atoms with van der Waals surface area (Å²) in [5.74, 6) is 1.07. The summed E-state index contributed by atoms with van der Waals surface area (Å²) >= 11 is 0. The maximum atomic E-state index is 6.39. The van der Waals surface area contributed by atoms with Gasteiger partial charge in [-0.25, -0.2) is 9.98 Å². The lowest BCUT2D eigenvalue weighted by Crippen LogP contribution is -2.05. The van der Waals surface area contributed by atoms with E-state index in [-0.39, 0.29) is 0 Å². The van der Waals surface area contributed by atoms with Crippen molar-refractivity contribution in [3.8, 4) is 55.6 Å². The average Bonchev–Trinajstić information content (AvgIpc) is 3.74. The number of furan rings is 1. The van der Waals surface area contributed by atoms with E-state index in [0.29, 0.717) is 18.2 Å². The van der Waals surface area contributed by atoms with Crippen LogP contribution in [0.25, 0.3) is 77.6 Å². The first-order valence-corrected chi connectivity index (χ1v) is 20.8. The van der Waals surface area contributed by atoms with Gasteiger partial charge >= 0.3 is 0 Å². The molecule has 1 heterocycles. The lowest BCUT2D eigenvalue weighted by atomic mass is 9.93. The molecule has 62 heavy (non-hydrogen) atoms. The molecule has 0 aliphatic carbocycles. The van der Waals surface area contributed by atoms with Crippen molar-refractivity contribution < 1.29 is 4.42 Å². The third-order valence-corrected chi connectivity index (χ3v) is 11.3. The van der Waals surface area contributed by atoms with Crippen molar-refractivity contribution >= 4 is 40.3 Å². The Balaban J connectivity index is 1.02. The number of amidine groups is 2. The minimum Gasteiger partial charge on any atom is -0.455 e. The van der Waals surface area contributed by atoms with Crippen LogP contribution in [-0.4, -0.2) is 18.4 Å². The molecule has 0 aliphatic heterocycles. The van der Waals surface area contributed by atoms with Gasteiger partial charge in [0.2, 0.25) is 0 Å².